The molecule has 126 valence electrons. The highest BCUT2D eigenvalue weighted by Gasteiger charge is 2.29. The molecule has 0 spiro atoms. The van der Waals surface area contributed by atoms with Gasteiger partial charge in [-0.3, -0.25) is 4.79 Å². The quantitative estimate of drug-likeness (QED) is 0.768. The molecule has 0 saturated heterocycles. The first-order valence-corrected chi connectivity index (χ1v) is 8.51. The Balaban J connectivity index is 1.48. The van der Waals surface area contributed by atoms with E-state index in [2.05, 4.69) is 22.4 Å². The molecule has 1 amide bonds. The van der Waals surface area contributed by atoms with Gasteiger partial charge in [0.25, 0.3) is 5.91 Å². The van der Waals surface area contributed by atoms with E-state index in [0.29, 0.717) is 23.3 Å². The molecule has 5 nitrogen and oxygen atoms in total. The summed E-state index contributed by atoms with van der Waals surface area (Å²) in [6.45, 7) is 2.06. The van der Waals surface area contributed by atoms with Gasteiger partial charge >= 0.3 is 0 Å². The average molecular weight is 333 g/mol. The number of hydrogen-bond donors (Lipinski definition) is 1. The third-order valence-corrected chi connectivity index (χ3v) is 4.53. The highest BCUT2D eigenvalue weighted by molar-refractivity contribution is 5.94. The lowest BCUT2D eigenvalue weighted by Gasteiger charge is -2.12. The Morgan fingerprint density at radius 1 is 1.00 bits per heavy atom. The zero-order chi connectivity index (χ0) is 17.2. The lowest BCUT2D eigenvalue weighted by atomic mass is 10.1. The molecule has 0 aliphatic heterocycles. The van der Waals surface area contributed by atoms with Crippen LogP contribution in [0, 0.1) is 5.92 Å². The molecule has 1 unspecified atom stereocenters. The Kier molecular flexibility index (Phi) is 4.06. The summed E-state index contributed by atoms with van der Waals surface area (Å²) >= 11 is 0. The maximum atomic E-state index is 12.3. The minimum absolute atomic E-state index is 0.0403. The van der Waals surface area contributed by atoms with Crippen molar-refractivity contribution < 1.29 is 9.21 Å². The predicted molar refractivity (Wildman–Crippen MR) is 94.8 cm³/mol. The predicted octanol–water partition coefficient (Wildman–Crippen LogP) is 3.93. The van der Waals surface area contributed by atoms with E-state index in [0.717, 1.165) is 11.1 Å². The fraction of sp³-hybridized carbons (Fsp3) is 0.250. The Morgan fingerprint density at radius 3 is 2.20 bits per heavy atom. The standard InChI is InChI=1S/C20H19N3O2/c1-13(14-7-8-14)21-18(24)15-9-11-17(12-10-15)20-23-22-19(25-20)16-5-3-2-4-6-16/h2-6,9-14H,7-8H2,1H3,(H,21,24). The molecule has 0 bridgehead atoms. The topological polar surface area (TPSA) is 68.0 Å². The fourth-order valence-electron chi connectivity index (χ4n) is 2.81. The number of benzene rings is 2. The van der Waals surface area contributed by atoms with Gasteiger partial charge < -0.3 is 9.73 Å². The molecule has 1 heterocycles. The zero-order valence-corrected chi connectivity index (χ0v) is 14.0. The van der Waals surface area contributed by atoms with Gasteiger partial charge in [-0.2, -0.15) is 0 Å². The second-order valence-corrected chi connectivity index (χ2v) is 6.46. The molecular weight excluding hydrogens is 314 g/mol. The summed E-state index contributed by atoms with van der Waals surface area (Å²) in [5, 5.41) is 11.2. The van der Waals surface area contributed by atoms with Crippen molar-refractivity contribution in [1.82, 2.24) is 15.5 Å². The smallest absolute Gasteiger partial charge is 0.251 e. The Hall–Kier alpha value is -2.95. The highest BCUT2D eigenvalue weighted by atomic mass is 16.4. The van der Waals surface area contributed by atoms with E-state index in [1.165, 1.54) is 12.8 Å². The minimum Gasteiger partial charge on any atom is -0.416 e. The number of hydrogen-bond acceptors (Lipinski definition) is 4. The monoisotopic (exact) mass is 333 g/mol. The van der Waals surface area contributed by atoms with Gasteiger partial charge in [0.1, 0.15) is 0 Å². The van der Waals surface area contributed by atoms with Crippen LogP contribution in [-0.2, 0) is 0 Å². The molecule has 4 rings (SSSR count). The number of aromatic nitrogens is 2. The van der Waals surface area contributed by atoms with Crippen LogP contribution < -0.4 is 5.32 Å². The molecule has 3 aromatic rings. The summed E-state index contributed by atoms with van der Waals surface area (Å²) in [5.74, 6) is 1.52. The number of amides is 1. The second kappa shape index (κ2) is 6.51. The second-order valence-electron chi connectivity index (χ2n) is 6.46. The van der Waals surface area contributed by atoms with Crippen LogP contribution in [0.25, 0.3) is 22.9 Å². The Morgan fingerprint density at radius 2 is 1.60 bits per heavy atom. The summed E-state index contributed by atoms with van der Waals surface area (Å²) in [7, 11) is 0. The summed E-state index contributed by atoms with van der Waals surface area (Å²) in [4.78, 5) is 12.3. The van der Waals surface area contributed by atoms with Crippen molar-refractivity contribution in [2.75, 3.05) is 0 Å². The molecule has 2 aromatic carbocycles. The van der Waals surface area contributed by atoms with Crippen molar-refractivity contribution in [3.8, 4) is 22.9 Å². The molecule has 1 aromatic heterocycles. The van der Waals surface area contributed by atoms with Gasteiger partial charge in [-0.15, -0.1) is 10.2 Å². The molecule has 1 aliphatic rings. The van der Waals surface area contributed by atoms with Crippen LogP contribution in [0.1, 0.15) is 30.1 Å². The van der Waals surface area contributed by atoms with E-state index in [1.54, 1.807) is 12.1 Å². The number of nitrogens with zero attached hydrogens (tertiary/aromatic N) is 2. The van der Waals surface area contributed by atoms with Crippen molar-refractivity contribution in [3.05, 3.63) is 60.2 Å². The maximum absolute atomic E-state index is 12.3. The van der Waals surface area contributed by atoms with Gasteiger partial charge in [-0.05, 0) is 62.1 Å². The van der Waals surface area contributed by atoms with E-state index < -0.39 is 0 Å². The van der Waals surface area contributed by atoms with Crippen molar-refractivity contribution in [2.45, 2.75) is 25.8 Å². The van der Waals surface area contributed by atoms with Gasteiger partial charge in [0.05, 0.1) is 0 Å². The van der Waals surface area contributed by atoms with Crippen LogP contribution in [0.5, 0.6) is 0 Å². The molecule has 1 N–H and O–H groups in total. The Bertz CT molecular complexity index is 867. The molecular formula is C20H19N3O2. The molecule has 1 fully saturated rings. The van der Waals surface area contributed by atoms with Gasteiger partial charge in [-0.25, -0.2) is 0 Å². The van der Waals surface area contributed by atoms with E-state index in [9.17, 15) is 4.79 Å². The minimum atomic E-state index is -0.0403. The van der Waals surface area contributed by atoms with Crippen LogP contribution >= 0.6 is 0 Å². The van der Waals surface area contributed by atoms with Crippen LogP contribution in [-0.4, -0.2) is 22.1 Å². The molecule has 1 atom stereocenters. The van der Waals surface area contributed by atoms with Gasteiger partial charge in [-0.1, -0.05) is 18.2 Å². The molecule has 5 heteroatoms. The van der Waals surface area contributed by atoms with Gasteiger partial charge in [0.15, 0.2) is 0 Å². The molecule has 1 saturated carbocycles. The zero-order valence-electron chi connectivity index (χ0n) is 14.0. The number of nitrogens with one attached hydrogen (secondary N) is 1. The van der Waals surface area contributed by atoms with Crippen molar-refractivity contribution in [3.63, 3.8) is 0 Å². The van der Waals surface area contributed by atoms with E-state index in [1.807, 2.05) is 42.5 Å². The van der Waals surface area contributed by atoms with Crippen LogP contribution in [0.2, 0.25) is 0 Å². The SMILES string of the molecule is CC(NC(=O)c1ccc(-c2nnc(-c3ccccc3)o2)cc1)C1CC1. The summed E-state index contributed by atoms with van der Waals surface area (Å²) in [5.41, 5.74) is 2.31. The van der Waals surface area contributed by atoms with Crippen molar-refractivity contribution >= 4 is 5.91 Å². The number of rotatable bonds is 5. The molecule has 1 aliphatic carbocycles. The lowest BCUT2D eigenvalue weighted by Crippen LogP contribution is -2.33. The van der Waals surface area contributed by atoms with E-state index in [-0.39, 0.29) is 11.9 Å². The molecule has 25 heavy (non-hydrogen) atoms. The third-order valence-electron chi connectivity index (χ3n) is 4.53. The number of carbonyl (C=O) groups is 1. The van der Waals surface area contributed by atoms with E-state index in [4.69, 9.17) is 4.42 Å². The summed E-state index contributed by atoms with van der Waals surface area (Å²) < 4.78 is 5.74. The normalized spacial score (nSPS) is 14.9. The van der Waals surface area contributed by atoms with Crippen LogP contribution in [0.3, 0.4) is 0 Å². The van der Waals surface area contributed by atoms with Gasteiger partial charge in [0, 0.05) is 22.7 Å². The highest BCUT2D eigenvalue weighted by Crippen LogP contribution is 2.32. The Labute approximate surface area is 146 Å². The average Bonchev–Trinajstić information content (AvgIpc) is 3.39. The van der Waals surface area contributed by atoms with E-state index >= 15 is 0 Å². The number of carbonyl (C=O) groups excluding carboxylic acids is 1. The van der Waals surface area contributed by atoms with Crippen molar-refractivity contribution in [2.24, 2.45) is 5.92 Å². The fourth-order valence-corrected chi connectivity index (χ4v) is 2.81. The largest absolute Gasteiger partial charge is 0.416 e. The van der Waals surface area contributed by atoms with Crippen LogP contribution in [0.4, 0.5) is 0 Å². The van der Waals surface area contributed by atoms with Gasteiger partial charge in [0.2, 0.25) is 11.8 Å². The maximum Gasteiger partial charge on any atom is 0.251 e. The lowest BCUT2D eigenvalue weighted by molar-refractivity contribution is 0.0936. The first-order valence-electron chi connectivity index (χ1n) is 8.51. The summed E-state index contributed by atoms with van der Waals surface area (Å²) in [6, 6.07) is 17.1. The van der Waals surface area contributed by atoms with Crippen molar-refractivity contribution in [1.29, 1.82) is 0 Å². The first kappa shape index (κ1) is 15.6. The first-order chi connectivity index (χ1) is 12.2. The third kappa shape index (κ3) is 3.45. The summed E-state index contributed by atoms with van der Waals surface area (Å²) in [6.07, 6.45) is 2.42. The molecule has 0 radical (unpaired) electrons. The van der Waals surface area contributed by atoms with Crippen LogP contribution in [0.15, 0.2) is 59.0 Å².